The zero-order valence-electron chi connectivity index (χ0n) is 16.1. The highest BCUT2D eigenvalue weighted by Gasteiger charge is 2.19. The molecule has 0 saturated heterocycles. The van der Waals surface area contributed by atoms with Crippen molar-refractivity contribution in [3.05, 3.63) is 83.1 Å². The molecule has 1 amide bonds. The Hall–Kier alpha value is -3.10. The van der Waals surface area contributed by atoms with Crippen LogP contribution in [0.3, 0.4) is 0 Å². The summed E-state index contributed by atoms with van der Waals surface area (Å²) in [4.78, 5) is 16.4. The zero-order valence-corrected chi connectivity index (χ0v) is 17.7. The van der Waals surface area contributed by atoms with Gasteiger partial charge in [0, 0.05) is 24.6 Å². The molecule has 0 aliphatic rings. The molecule has 0 aliphatic carbocycles. The number of pyridine rings is 1. The lowest BCUT2D eigenvalue weighted by atomic mass is 10.2. The molecule has 0 aliphatic heterocycles. The molecule has 0 spiro atoms. The first-order valence-electron chi connectivity index (χ1n) is 9.11. The van der Waals surface area contributed by atoms with Gasteiger partial charge in [-0.3, -0.25) is 14.5 Å². The highest BCUT2D eigenvalue weighted by atomic mass is 35.5. The van der Waals surface area contributed by atoms with Gasteiger partial charge in [-0.25, -0.2) is 8.42 Å². The SMILES string of the molecule is CCOc1ccc(NS(=O)(=O)c2ccc(Cl)c(C(=O)NCc3ccncc3)c2)cc1. The fraction of sp³-hybridized carbons (Fsp3) is 0.143. The maximum absolute atomic E-state index is 12.8. The Morgan fingerprint density at radius 1 is 1.07 bits per heavy atom. The van der Waals surface area contributed by atoms with Crippen molar-refractivity contribution in [3.63, 3.8) is 0 Å². The monoisotopic (exact) mass is 445 g/mol. The smallest absolute Gasteiger partial charge is 0.261 e. The number of halogens is 1. The number of carbonyl (C=O) groups excluding carboxylic acids is 1. The number of carbonyl (C=O) groups is 1. The van der Waals surface area contributed by atoms with Gasteiger partial charge in [0.05, 0.1) is 22.1 Å². The Bertz CT molecular complexity index is 1120. The van der Waals surface area contributed by atoms with Crippen molar-refractivity contribution in [2.24, 2.45) is 0 Å². The van der Waals surface area contributed by atoms with Gasteiger partial charge in [-0.05, 0) is 67.1 Å². The summed E-state index contributed by atoms with van der Waals surface area (Å²) in [5.41, 5.74) is 1.30. The summed E-state index contributed by atoms with van der Waals surface area (Å²) in [7, 11) is -3.92. The summed E-state index contributed by atoms with van der Waals surface area (Å²) in [6.45, 7) is 2.64. The van der Waals surface area contributed by atoms with Crippen LogP contribution in [-0.2, 0) is 16.6 Å². The Balaban J connectivity index is 1.76. The van der Waals surface area contributed by atoms with Gasteiger partial charge in [0.2, 0.25) is 0 Å². The van der Waals surface area contributed by atoms with E-state index in [2.05, 4.69) is 15.0 Å². The summed E-state index contributed by atoms with van der Waals surface area (Å²) < 4.78 is 33.3. The van der Waals surface area contributed by atoms with Crippen LogP contribution in [0.1, 0.15) is 22.8 Å². The molecule has 9 heteroatoms. The van der Waals surface area contributed by atoms with Gasteiger partial charge in [0.25, 0.3) is 15.9 Å². The van der Waals surface area contributed by atoms with Gasteiger partial charge in [-0.1, -0.05) is 11.6 Å². The largest absolute Gasteiger partial charge is 0.494 e. The van der Waals surface area contributed by atoms with Crippen molar-refractivity contribution in [3.8, 4) is 5.75 Å². The van der Waals surface area contributed by atoms with Gasteiger partial charge < -0.3 is 10.1 Å². The third-order valence-electron chi connectivity index (χ3n) is 4.11. The second-order valence-electron chi connectivity index (χ2n) is 6.24. The quantitative estimate of drug-likeness (QED) is 0.548. The zero-order chi connectivity index (χ0) is 21.6. The standard InChI is InChI=1S/C21H20ClN3O4S/c1-2-29-17-5-3-16(4-6-17)25-30(27,28)18-7-8-20(22)19(13-18)21(26)24-14-15-9-11-23-12-10-15/h3-13,25H,2,14H2,1H3,(H,24,26). The Morgan fingerprint density at radius 3 is 2.43 bits per heavy atom. The highest BCUT2D eigenvalue weighted by Crippen LogP contribution is 2.24. The van der Waals surface area contributed by atoms with Crippen LogP contribution in [0.25, 0.3) is 0 Å². The number of sulfonamides is 1. The molecule has 2 N–H and O–H groups in total. The minimum atomic E-state index is -3.92. The lowest BCUT2D eigenvalue weighted by molar-refractivity contribution is 0.0951. The summed E-state index contributed by atoms with van der Waals surface area (Å²) in [5, 5.41) is 2.88. The summed E-state index contributed by atoms with van der Waals surface area (Å²) >= 11 is 6.13. The number of nitrogens with zero attached hydrogens (tertiary/aromatic N) is 1. The molecule has 0 fully saturated rings. The second-order valence-corrected chi connectivity index (χ2v) is 8.33. The van der Waals surface area contributed by atoms with E-state index in [1.807, 2.05) is 6.92 Å². The Labute approximate surface area is 180 Å². The van der Waals surface area contributed by atoms with E-state index in [1.165, 1.54) is 18.2 Å². The Kier molecular flexibility index (Phi) is 6.91. The van der Waals surface area contributed by atoms with Gasteiger partial charge in [0.1, 0.15) is 5.75 Å². The lowest BCUT2D eigenvalue weighted by Crippen LogP contribution is -2.23. The first-order chi connectivity index (χ1) is 14.4. The maximum Gasteiger partial charge on any atom is 0.261 e. The van der Waals surface area contributed by atoms with Crippen LogP contribution in [0.4, 0.5) is 5.69 Å². The van der Waals surface area contributed by atoms with Gasteiger partial charge in [0.15, 0.2) is 0 Å². The number of hydrogen-bond acceptors (Lipinski definition) is 5. The van der Waals surface area contributed by atoms with Crippen molar-refractivity contribution in [1.29, 1.82) is 0 Å². The third kappa shape index (κ3) is 5.49. The number of ether oxygens (including phenoxy) is 1. The van der Waals surface area contributed by atoms with Gasteiger partial charge in [-0.2, -0.15) is 0 Å². The van der Waals surface area contributed by atoms with E-state index in [0.29, 0.717) is 18.0 Å². The molecule has 1 aromatic heterocycles. The van der Waals surface area contributed by atoms with E-state index in [4.69, 9.17) is 16.3 Å². The lowest BCUT2D eigenvalue weighted by Gasteiger charge is -2.12. The van der Waals surface area contributed by atoms with Gasteiger partial charge >= 0.3 is 0 Å². The van der Waals surface area contributed by atoms with Crippen LogP contribution in [0.2, 0.25) is 5.02 Å². The van der Waals surface area contributed by atoms with Crippen LogP contribution < -0.4 is 14.8 Å². The van der Waals surface area contributed by atoms with Crippen LogP contribution >= 0.6 is 11.6 Å². The maximum atomic E-state index is 12.8. The first kappa shape index (κ1) is 21.6. The van der Waals surface area contributed by atoms with E-state index in [9.17, 15) is 13.2 Å². The molecular formula is C21H20ClN3O4S. The predicted molar refractivity (Wildman–Crippen MR) is 115 cm³/mol. The molecule has 7 nitrogen and oxygen atoms in total. The molecule has 0 unspecified atom stereocenters. The molecule has 0 bridgehead atoms. The average Bonchev–Trinajstić information content (AvgIpc) is 2.74. The molecule has 3 aromatic rings. The number of amides is 1. The molecule has 1 heterocycles. The number of benzene rings is 2. The van der Waals surface area contributed by atoms with Crippen molar-refractivity contribution in [2.45, 2.75) is 18.4 Å². The molecule has 0 atom stereocenters. The van der Waals surface area contributed by atoms with E-state index in [1.54, 1.807) is 48.8 Å². The minimum absolute atomic E-state index is 0.0697. The van der Waals surface area contributed by atoms with E-state index in [0.717, 1.165) is 5.56 Å². The van der Waals surface area contributed by atoms with Crippen molar-refractivity contribution in [1.82, 2.24) is 10.3 Å². The highest BCUT2D eigenvalue weighted by molar-refractivity contribution is 7.92. The molecule has 0 saturated carbocycles. The number of hydrogen-bond donors (Lipinski definition) is 2. The summed E-state index contributed by atoms with van der Waals surface area (Å²) in [6.07, 6.45) is 3.24. The summed E-state index contributed by atoms with van der Waals surface area (Å²) in [5.74, 6) is 0.162. The molecule has 156 valence electrons. The van der Waals surface area contributed by atoms with E-state index >= 15 is 0 Å². The average molecular weight is 446 g/mol. The minimum Gasteiger partial charge on any atom is -0.494 e. The van der Waals surface area contributed by atoms with Crippen LogP contribution in [0, 0.1) is 0 Å². The number of aromatic nitrogens is 1. The molecule has 3 rings (SSSR count). The van der Waals surface area contributed by atoms with Crippen LogP contribution in [0.5, 0.6) is 5.75 Å². The first-order valence-corrected chi connectivity index (χ1v) is 11.0. The molecule has 0 radical (unpaired) electrons. The topological polar surface area (TPSA) is 97.4 Å². The molecule has 30 heavy (non-hydrogen) atoms. The fourth-order valence-corrected chi connectivity index (χ4v) is 3.91. The fourth-order valence-electron chi connectivity index (χ4n) is 2.62. The summed E-state index contributed by atoms with van der Waals surface area (Å²) in [6, 6.07) is 14.0. The predicted octanol–water partition coefficient (Wildman–Crippen LogP) is 3.86. The molecular weight excluding hydrogens is 426 g/mol. The van der Waals surface area contributed by atoms with E-state index in [-0.39, 0.29) is 22.0 Å². The van der Waals surface area contributed by atoms with Crippen molar-refractivity contribution >= 4 is 33.2 Å². The van der Waals surface area contributed by atoms with Crippen molar-refractivity contribution < 1.29 is 17.9 Å². The second kappa shape index (κ2) is 9.60. The van der Waals surface area contributed by atoms with Gasteiger partial charge in [-0.15, -0.1) is 0 Å². The van der Waals surface area contributed by atoms with Crippen LogP contribution in [-0.4, -0.2) is 25.9 Å². The Morgan fingerprint density at radius 2 is 1.77 bits per heavy atom. The van der Waals surface area contributed by atoms with E-state index < -0.39 is 15.9 Å². The van der Waals surface area contributed by atoms with Crippen LogP contribution in [0.15, 0.2) is 71.9 Å². The number of anilines is 1. The van der Waals surface area contributed by atoms with Crippen molar-refractivity contribution in [2.75, 3.05) is 11.3 Å². The third-order valence-corrected chi connectivity index (χ3v) is 5.82. The number of rotatable bonds is 8. The molecule has 2 aromatic carbocycles. The normalized spacial score (nSPS) is 11.0. The number of nitrogens with one attached hydrogen (secondary N) is 2.